The fraction of sp³-hybridized carbons (Fsp3) is 0.905. The van der Waals surface area contributed by atoms with E-state index in [0.29, 0.717) is 17.3 Å². The summed E-state index contributed by atoms with van der Waals surface area (Å²) in [5, 5.41) is 2.67. The lowest BCUT2D eigenvalue weighted by molar-refractivity contribution is -0.293. The van der Waals surface area contributed by atoms with Gasteiger partial charge in [-0.2, -0.15) is 0 Å². The van der Waals surface area contributed by atoms with Gasteiger partial charge in [0.25, 0.3) is 0 Å². The van der Waals surface area contributed by atoms with Crippen LogP contribution in [-0.4, -0.2) is 77.8 Å². The highest BCUT2D eigenvalue weighted by Gasteiger charge is 2.61. The van der Waals surface area contributed by atoms with E-state index in [-0.39, 0.29) is 18.1 Å². The Labute approximate surface area is 348 Å². The fourth-order valence-corrected chi connectivity index (χ4v) is 12.2. The topological polar surface area (TPSA) is 136 Å². The summed E-state index contributed by atoms with van der Waals surface area (Å²) in [4.78, 5) is 49.8. The van der Waals surface area contributed by atoms with Crippen molar-refractivity contribution >= 4 is 58.8 Å². The van der Waals surface area contributed by atoms with Gasteiger partial charge < -0.3 is 33.7 Å². The van der Waals surface area contributed by atoms with E-state index in [1.54, 1.807) is 0 Å². The molecule has 14 atom stereocenters. The lowest BCUT2D eigenvalue weighted by Crippen LogP contribution is -2.67. The molecule has 56 heavy (non-hydrogen) atoms. The molecular weight excluding hydrogens is 785 g/mol. The van der Waals surface area contributed by atoms with E-state index in [0.717, 1.165) is 55.3 Å². The number of carbonyl (C=O) groups excluding carboxylic acids is 4. The Balaban J connectivity index is 1.32. The van der Waals surface area contributed by atoms with Crippen molar-refractivity contribution in [2.75, 3.05) is 13.2 Å². The molecule has 0 aromatic heterocycles. The van der Waals surface area contributed by atoms with E-state index in [1.165, 1.54) is 72.1 Å². The van der Waals surface area contributed by atoms with Crippen molar-refractivity contribution < 1.29 is 47.6 Å². The summed E-state index contributed by atoms with van der Waals surface area (Å²) in [6.07, 6.45) is 8.15. The molecule has 1 saturated heterocycles. The molecule has 0 bridgehead atoms. The van der Waals surface area contributed by atoms with Gasteiger partial charge in [0.2, 0.25) is 3.79 Å². The van der Waals surface area contributed by atoms with Gasteiger partial charge in [-0.3, -0.25) is 14.4 Å². The Morgan fingerprint density at radius 3 is 2.11 bits per heavy atom. The summed E-state index contributed by atoms with van der Waals surface area (Å²) in [5.74, 6) is 3.02. The average molecular weight is 851 g/mol. The highest BCUT2D eigenvalue weighted by Crippen LogP contribution is 2.68. The molecular formula is C42H66Cl3NO10. The number of hydrogen-bond donors (Lipinski definition) is 1. The number of halogens is 3. The van der Waals surface area contributed by atoms with Crippen LogP contribution in [0.4, 0.5) is 4.79 Å². The van der Waals surface area contributed by atoms with Gasteiger partial charge in [-0.25, -0.2) is 4.79 Å². The summed E-state index contributed by atoms with van der Waals surface area (Å²) in [5.41, 5.74) is 0.614. The number of nitrogens with one attached hydrogen (secondary N) is 1. The smallest absolute Gasteiger partial charge is 0.407 e. The molecule has 1 heterocycles. The summed E-state index contributed by atoms with van der Waals surface area (Å²) < 4.78 is 33.0. The maximum atomic E-state index is 13.1. The van der Waals surface area contributed by atoms with Crippen molar-refractivity contribution in [3.05, 3.63) is 0 Å². The van der Waals surface area contributed by atoms with E-state index >= 15 is 0 Å². The molecule has 5 aliphatic rings. The predicted octanol–water partition coefficient (Wildman–Crippen LogP) is 9.11. The first kappa shape index (κ1) is 45.6. The van der Waals surface area contributed by atoms with Gasteiger partial charge in [0.15, 0.2) is 18.5 Å². The Morgan fingerprint density at radius 1 is 0.804 bits per heavy atom. The molecule has 1 amide bonds. The standard InChI is InChI=1S/C42H66Cl3NO10/c1-23(2)10-9-11-24(3)31-14-15-32-30-13-12-28-20-29(16-18-40(28,7)33(30)17-19-41(31,32)8)55-38-35(46-39(50)52-22-42(43,44)45)37(54-27(6)49)36(53-26(5)48)34(56-38)21-51-25(4)47/h23-24,28-38H,9-22H2,1-8H3,(H,46,50)/t24-,28+,29+,30+,31-,32+,33+,34-,35-,36-,37-,38?,40+,41-/m1/s1. The zero-order chi connectivity index (χ0) is 41.2. The van der Waals surface area contributed by atoms with Crippen LogP contribution in [0.1, 0.15) is 132 Å². The van der Waals surface area contributed by atoms with Crippen molar-refractivity contribution in [3.8, 4) is 0 Å². The van der Waals surface area contributed by atoms with Gasteiger partial charge in [-0.15, -0.1) is 0 Å². The second kappa shape index (κ2) is 18.8. The first-order valence-corrected chi connectivity index (χ1v) is 22.1. The Hall–Kier alpha value is -1.53. The largest absolute Gasteiger partial charge is 0.463 e. The molecule has 4 aliphatic carbocycles. The number of fused-ring (bicyclic) bond motifs is 5. The predicted molar refractivity (Wildman–Crippen MR) is 213 cm³/mol. The van der Waals surface area contributed by atoms with Gasteiger partial charge in [0.1, 0.15) is 25.4 Å². The van der Waals surface area contributed by atoms with E-state index in [9.17, 15) is 19.2 Å². The minimum absolute atomic E-state index is 0.190. The van der Waals surface area contributed by atoms with Crippen LogP contribution >= 0.6 is 34.8 Å². The van der Waals surface area contributed by atoms with Crippen LogP contribution in [0.3, 0.4) is 0 Å². The third-order valence-electron chi connectivity index (χ3n) is 14.5. The van der Waals surface area contributed by atoms with Crippen LogP contribution in [0.5, 0.6) is 0 Å². The molecule has 5 rings (SSSR count). The molecule has 0 radical (unpaired) electrons. The first-order valence-electron chi connectivity index (χ1n) is 21.0. The van der Waals surface area contributed by atoms with Gasteiger partial charge >= 0.3 is 24.0 Å². The quantitative estimate of drug-likeness (QED) is 0.0828. The second-order valence-corrected chi connectivity index (χ2v) is 21.1. The third kappa shape index (κ3) is 10.8. The molecule has 0 spiro atoms. The lowest BCUT2D eigenvalue weighted by Gasteiger charge is -2.61. The zero-order valence-corrected chi connectivity index (χ0v) is 36.9. The number of amides is 1. The van der Waals surface area contributed by atoms with Crippen LogP contribution in [0, 0.1) is 52.3 Å². The van der Waals surface area contributed by atoms with Gasteiger partial charge in [0, 0.05) is 20.8 Å². The monoisotopic (exact) mass is 849 g/mol. The minimum atomic E-state index is -1.88. The average Bonchev–Trinajstić information content (AvgIpc) is 3.45. The molecule has 1 aliphatic heterocycles. The molecule has 5 fully saturated rings. The van der Waals surface area contributed by atoms with E-state index < -0.39 is 65.0 Å². The molecule has 1 N–H and O–H groups in total. The van der Waals surface area contributed by atoms with Crippen molar-refractivity contribution in [2.24, 2.45) is 52.3 Å². The summed E-state index contributed by atoms with van der Waals surface area (Å²) in [6.45, 7) is 15.1. The molecule has 0 aromatic rings. The maximum Gasteiger partial charge on any atom is 0.407 e. The third-order valence-corrected chi connectivity index (χ3v) is 14.8. The van der Waals surface area contributed by atoms with Gasteiger partial charge in [-0.05, 0) is 110 Å². The number of carbonyl (C=O) groups is 4. The highest BCUT2D eigenvalue weighted by atomic mass is 35.6. The second-order valence-electron chi connectivity index (χ2n) is 18.6. The number of ether oxygens (including phenoxy) is 6. The van der Waals surface area contributed by atoms with Crippen LogP contribution in [0.15, 0.2) is 0 Å². The number of esters is 3. The van der Waals surface area contributed by atoms with Crippen molar-refractivity contribution in [1.29, 1.82) is 0 Å². The molecule has 14 heteroatoms. The summed E-state index contributed by atoms with van der Waals surface area (Å²) in [7, 11) is 0. The SMILES string of the molecule is CC(=O)OC[C@H]1OC(O[C@H]2CC[C@@]3(C)[C@@H](CC[C@@H]4[C@@H]3CC[C@]3(C)[C@@H]([C@H](C)CCCC(C)C)CC[C@@H]43)C2)[C@H](NC(=O)OCC(Cl)(Cl)Cl)[C@@H](OC(C)=O)[C@@H]1OC(C)=O. The van der Waals surface area contributed by atoms with Crippen molar-refractivity contribution in [2.45, 2.75) is 173 Å². The lowest BCUT2D eigenvalue weighted by atomic mass is 9.44. The van der Waals surface area contributed by atoms with E-state index in [4.69, 9.17) is 63.2 Å². The van der Waals surface area contributed by atoms with Crippen LogP contribution in [-0.2, 0) is 42.8 Å². The van der Waals surface area contributed by atoms with E-state index in [2.05, 4.69) is 39.9 Å². The Bertz CT molecular complexity index is 1390. The molecule has 0 aromatic carbocycles. The Kier molecular flexibility index (Phi) is 15.3. The molecule has 1 unspecified atom stereocenters. The molecule has 4 saturated carbocycles. The van der Waals surface area contributed by atoms with Crippen molar-refractivity contribution in [1.82, 2.24) is 5.32 Å². The van der Waals surface area contributed by atoms with Crippen molar-refractivity contribution in [3.63, 3.8) is 0 Å². The fourth-order valence-electron chi connectivity index (χ4n) is 12.1. The summed E-state index contributed by atoms with van der Waals surface area (Å²) in [6, 6.07) is -1.21. The van der Waals surface area contributed by atoms with E-state index in [1.807, 2.05) is 0 Å². The van der Waals surface area contributed by atoms with Crippen LogP contribution < -0.4 is 5.32 Å². The molecule has 320 valence electrons. The van der Waals surface area contributed by atoms with Gasteiger partial charge in [0.05, 0.1) is 6.10 Å². The number of hydrogen-bond acceptors (Lipinski definition) is 10. The normalized spacial score (nSPS) is 38.7. The Morgan fingerprint density at radius 2 is 1.46 bits per heavy atom. The number of alkyl halides is 3. The highest BCUT2D eigenvalue weighted by molar-refractivity contribution is 6.67. The number of alkyl carbamates (subject to hydrolysis) is 1. The minimum Gasteiger partial charge on any atom is -0.463 e. The number of rotatable bonds is 13. The maximum absolute atomic E-state index is 13.1. The summed E-state index contributed by atoms with van der Waals surface area (Å²) >= 11 is 17.5. The zero-order valence-electron chi connectivity index (χ0n) is 34.6. The van der Waals surface area contributed by atoms with Gasteiger partial charge in [-0.1, -0.05) is 88.7 Å². The molecule has 11 nitrogen and oxygen atoms in total. The van der Waals surface area contributed by atoms with Crippen LogP contribution in [0.2, 0.25) is 0 Å². The first-order chi connectivity index (χ1) is 26.2. The van der Waals surface area contributed by atoms with Crippen LogP contribution in [0.25, 0.3) is 0 Å².